The fourth-order valence-corrected chi connectivity index (χ4v) is 1.23. The Bertz CT molecular complexity index is 159. The second kappa shape index (κ2) is 3.19. The molecule has 0 aromatic rings. The van der Waals surface area contributed by atoms with Crippen LogP contribution in [0, 0.1) is 0 Å². The van der Waals surface area contributed by atoms with Crippen LogP contribution in [0.5, 0.6) is 0 Å². The number of aliphatic hydroxyl groups is 1. The first-order valence-corrected chi connectivity index (χ1v) is 3.76. The van der Waals surface area contributed by atoms with Gasteiger partial charge < -0.3 is 10.0 Å². The highest BCUT2D eigenvalue weighted by atomic mass is 16.3. The van der Waals surface area contributed by atoms with Crippen LogP contribution in [-0.4, -0.2) is 42.3 Å². The molecule has 1 aliphatic heterocycles. The number of carbonyl (C=O) groups is 1. The summed E-state index contributed by atoms with van der Waals surface area (Å²) in [6, 6.07) is -0.181. The number of carbonyl (C=O) groups excluding carboxylic acids is 1. The Kier molecular flexibility index (Phi) is 2.46. The van der Waals surface area contributed by atoms with Crippen LogP contribution in [-0.2, 0) is 4.79 Å². The Hall–Kier alpha value is -0.610. The van der Waals surface area contributed by atoms with E-state index in [1.807, 2.05) is 0 Å². The lowest BCUT2D eigenvalue weighted by Crippen LogP contribution is -2.41. The number of nitrogens with one attached hydrogen (secondary N) is 1. The predicted octanol–water partition coefficient (Wildman–Crippen LogP) is -0.855. The van der Waals surface area contributed by atoms with Crippen LogP contribution < -0.4 is 5.32 Å². The number of likely N-dealkylation sites (N-methyl/N-ethyl adjacent to an activating group) is 1. The first kappa shape index (κ1) is 8.49. The molecule has 2 N–H and O–H groups in total. The van der Waals surface area contributed by atoms with Crippen molar-refractivity contribution in [2.45, 2.75) is 25.1 Å². The lowest BCUT2D eigenvalue weighted by Gasteiger charge is -2.16. The van der Waals surface area contributed by atoms with E-state index in [4.69, 9.17) is 5.11 Å². The molecule has 0 saturated carbocycles. The molecular weight excluding hydrogens is 144 g/mol. The number of hydrogen-bond donors (Lipinski definition) is 2. The lowest BCUT2D eigenvalue weighted by atomic mass is 10.2. The Morgan fingerprint density at radius 1 is 1.55 bits per heavy atom. The highest BCUT2D eigenvalue weighted by Gasteiger charge is 2.28. The number of nitrogens with zero attached hydrogens (tertiary/aromatic N) is 1. The van der Waals surface area contributed by atoms with Crippen LogP contribution in [0.25, 0.3) is 0 Å². The zero-order chi connectivity index (χ0) is 8.43. The minimum Gasteiger partial charge on any atom is -0.379 e. The van der Waals surface area contributed by atoms with Gasteiger partial charge in [0.1, 0.15) is 6.23 Å². The third-order valence-electron chi connectivity index (χ3n) is 1.86. The van der Waals surface area contributed by atoms with Gasteiger partial charge in [-0.05, 0) is 12.8 Å². The van der Waals surface area contributed by atoms with E-state index in [1.54, 1.807) is 14.1 Å². The summed E-state index contributed by atoms with van der Waals surface area (Å²) in [6.45, 7) is 0. The summed E-state index contributed by atoms with van der Waals surface area (Å²) in [4.78, 5) is 12.8. The maximum absolute atomic E-state index is 11.2. The molecule has 0 aromatic carbocycles. The molecule has 0 aliphatic carbocycles. The molecule has 0 spiro atoms. The van der Waals surface area contributed by atoms with Crippen LogP contribution >= 0.6 is 0 Å². The van der Waals surface area contributed by atoms with E-state index in [9.17, 15) is 4.79 Å². The Labute approximate surface area is 66.2 Å². The van der Waals surface area contributed by atoms with Gasteiger partial charge in [-0.15, -0.1) is 0 Å². The van der Waals surface area contributed by atoms with Crippen LogP contribution in [0.3, 0.4) is 0 Å². The molecule has 2 atom stereocenters. The quantitative estimate of drug-likeness (QED) is 0.522. The van der Waals surface area contributed by atoms with Crippen LogP contribution in [0.4, 0.5) is 0 Å². The molecule has 1 rings (SSSR count). The van der Waals surface area contributed by atoms with E-state index < -0.39 is 6.23 Å². The maximum atomic E-state index is 11.2. The zero-order valence-electron chi connectivity index (χ0n) is 6.87. The summed E-state index contributed by atoms with van der Waals surface area (Å²) < 4.78 is 0. The van der Waals surface area contributed by atoms with Gasteiger partial charge in [0.15, 0.2) is 0 Å². The summed E-state index contributed by atoms with van der Waals surface area (Å²) in [5, 5.41) is 11.8. The largest absolute Gasteiger partial charge is 0.379 e. The van der Waals surface area contributed by atoms with Crippen molar-refractivity contribution < 1.29 is 9.90 Å². The topological polar surface area (TPSA) is 52.6 Å². The third-order valence-corrected chi connectivity index (χ3v) is 1.86. The number of hydrogen-bond acceptors (Lipinski definition) is 3. The molecule has 11 heavy (non-hydrogen) atoms. The summed E-state index contributed by atoms with van der Waals surface area (Å²) >= 11 is 0. The summed E-state index contributed by atoms with van der Waals surface area (Å²) in [5.41, 5.74) is 0. The van der Waals surface area contributed by atoms with E-state index in [-0.39, 0.29) is 11.9 Å². The van der Waals surface area contributed by atoms with Crippen LogP contribution in [0.15, 0.2) is 0 Å². The number of rotatable bonds is 1. The van der Waals surface area contributed by atoms with Crippen molar-refractivity contribution in [3.05, 3.63) is 0 Å². The van der Waals surface area contributed by atoms with Crippen LogP contribution in [0.2, 0.25) is 0 Å². The van der Waals surface area contributed by atoms with Crippen molar-refractivity contribution in [1.82, 2.24) is 10.2 Å². The molecule has 4 nitrogen and oxygen atoms in total. The Morgan fingerprint density at radius 3 is 2.55 bits per heavy atom. The summed E-state index contributed by atoms with van der Waals surface area (Å²) in [5.74, 6) is 0.0431. The molecule has 1 heterocycles. The van der Waals surface area contributed by atoms with Gasteiger partial charge in [-0.25, -0.2) is 0 Å². The number of amides is 1. The van der Waals surface area contributed by atoms with Gasteiger partial charge in [-0.2, -0.15) is 0 Å². The number of aliphatic hydroxyl groups excluding tert-OH is 1. The van der Waals surface area contributed by atoms with Crippen molar-refractivity contribution in [2.75, 3.05) is 14.1 Å². The fraction of sp³-hybridized carbons (Fsp3) is 0.857. The van der Waals surface area contributed by atoms with E-state index in [0.29, 0.717) is 6.42 Å². The molecule has 0 radical (unpaired) electrons. The zero-order valence-corrected chi connectivity index (χ0v) is 6.87. The summed E-state index contributed by atoms with van der Waals surface area (Å²) in [6.07, 6.45) is 0.909. The highest BCUT2D eigenvalue weighted by molar-refractivity contribution is 5.81. The Balaban J connectivity index is 2.43. The van der Waals surface area contributed by atoms with Crippen molar-refractivity contribution in [2.24, 2.45) is 0 Å². The fourth-order valence-electron chi connectivity index (χ4n) is 1.23. The van der Waals surface area contributed by atoms with Gasteiger partial charge >= 0.3 is 0 Å². The van der Waals surface area contributed by atoms with Gasteiger partial charge in [0, 0.05) is 14.1 Å². The minimum atomic E-state index is -0.496. The molecular formula is C7H14N2O2. The molecule has 1 saturated heterocycles. The van der Waals surface area contributed by atoms with Crippen molar-refractivity contribution >= 4 is 5.91 Å². The van der Waals surface area contributed by atoms with Crippen molar-refractivity contribution in [3.8, 4) is 0 Å². The molecule has 4 heteroatoms. The standard InChI is InChI=1S/C7H14N2O2/c1-9(2)7(11)5-3-4-6(10)8-5/h5-6,8,10H,3-4H2,1-2H3/t5-,6?/m0/s1. The smallest absolute Gasteiger partial charge is 0.239 e. The van der Waals surface area contributed by atoms with Gasteiger partial charge in [-0.1, -0.05) is 0 Å². The third kappa shape index (κ3) is 1.91. The molecule has 1 amide bonds. The lowest BCUT2D eigenvalue weighted by molar-refractivity contribution is -0.130. The molecule has 1 fully saturated rings. The highest BCUT2D eigenvalue weighted by Crippen LogP contribution is 2.11. The van der Waals surface area contributed by atoms with E-state index in [1.165, 1.54) is 4.90 Å². The summed E-state index contributed by atoms with van der Waals surface area (Å²) in [7, 11) is 3.43. The van der Waals surface area contributed by atoms with Crippen LogP contribution in [0.1, 0.15) is 12.8 Å². The average Bonchev–Trinajstić information content (AvgIpc) is 2.34. The molecule has 1 aliphatic rings. The second-order valence-electron chi connectivity index (χ2n) is 3.05. The van der Waals surface area contributed by atoms with Gasteiger partial charge in [0.05, 0.1) is 6.04 Å². The monoisotopic (exact) mass is 158 g/mol. The van der Waals surface area contributed by atoms with Gasteiger partial charge in [-0.3, -0.25) is 10.1 Å². The van der Waals surface area contributed by atoms with Crippen molar-refractivity contribution in [1.29, 1.82) is 0 Å². The first-order chi connectivity index (χ1) is 5.11. The molecule has 0 aromatic heterocycles. The molecule has 64 valence electrons. The minimum absolute atomic E-state index is 0.0431. The Morgan fingerprint density at radius 2 is 2.18 bits per heavy atom. The SMILES string of the molecule is CN(C)C(=O)[C@@H]1CCC(O)N1. The van der Waals surface area contributed by atoms with E-state index in [0.717, 1.165) is 6.42 Å². The molecule has 1 unspecified atom stereocenters. The normalized spacial score (nSPS) is 30.5. The van der Waals surface area contributed by atoms with Gasteiger partial charge in [0.25, 0.3) is 0 Å². The van der Waals surface area contributed by atoms with E-state index in [2.05, 4.69) is 5.32 Å². The van der Waals surface area contributed by atoms with E-state index >= 15 is 0 Å². The first-order valence-electron chi connectivity index (χ1n) is 3.76. The second-order valence-corrected chi connectivity index (χ2v) is 3.05. The van der Waals surface area contributed by atoms with Crippen molar-refractivity contribution in [3.63, 3.8) is 0 Å². The average molecular weight is 158 g/mol. The maximum Gasteiger partial charge on any atom is 0.239 e. The molecule has 0 bridgehead atoms. The van der Waals surface area contributed by atoms with Gasteiger partial charge in [0.2, 0.25) is 5.91 Å². The predicted molar refractivity (Wildman–Crippen MR) is 40.9 cm³/mol.